The molecule has 4 aromatic heterocycles. The number of likely N-dealkylation sites (tertiary alicyclic amines) is 2. The normalized spacial score (nSPS) is 20.1. The third kappa shape index (κ3) is 4.25. The first-order valence-electron chi connectivity index (χ1n) is 13.9. The number of anilines is 1. The van der Waals surface area contributed by atoms with Crippen LogP contribution in [0.15, 0.2) is 49.1 Å². The van der Waals surface area contributed by atoms with Gasteiger partial charge in [0.25, 0.3) is 0 Å². The van der Waals surface area contributed by atoms with E-state index in [0.717, 1.165) is 66.2 Å². The zero-order valence-electron chi connectivity index (χ0n) is 23.4. The molecule has 10 nitrogen and oxygen atoms in total. The Morgan fingerprint density at radius 1 is 1.12 bits per heavy atom. The van der Waals surface area contributed by atoms with E-state index in [0.29, 0.717) is 17.6 Å². The third-order valence-corrected chi connectivity index (χ3v) is 8.86. The average Bonchev–Trinajstić information content (AvgIpc) is 3.56. The lowest BCUT2D eigenvalue weighted by Gasteiger charge is -2.57. The fourth-order valence-corrected chi connectivity index (χ4v) is 6.35. The van der Waals surface area contributed by atoms with Crippen molar-refractivity contribution in [2.45, 2.75) is 64.2 Å². The summed E-state index contributed by atoms with van der Waals surface area (Å²) in [7, 11) is 0. The number of rotatable bonds is 6. The van der Waals surface area contributed by atoms with Gasteiger partial charge in [-0.05, 0) is 58.7 Å². The van der Waals surface area contributed by atoms with Crippen LogP contribution in [0.5, 0.6) is 0 Å². The minimum atomic E-state index is -0.104. The molecule has 2 atom stereocenters. The molecule has 0 bridgehead atoms. The lowest BCUT2D eigenvalue weighted by molar-refractivity contribution is -0.0603. The Morgan fingerprint density at radius 2 is 1.93 bits per heavy atom. The van der Waals surface area contributed by atoms with Crippen LogP contribution in [0.2, 0.25) is 0 Å². The number of aromatic nitrogens is 5. The number of nitrogens with one attached hydrogen (secondary N) is 1. The van der Waals surface area contributed by atoms with Crippen molar-refractivity contribution in [3.8, 4) is 23.4 Å². The number of hydrogen-bond donors (Lipinski definition) is 1. The minimum Gasteiger partial charge on any atom is -0.375 e. The van der Waals surface area contributed by atoms with Gasteiger partial charge in [0.05, 0.1) is 53.0 Å². The van der Waals surface area contributed by atoms with Crippen molar-refractivity contribution in [2.24, 2.45) is 0 Å². The summed E-state index contributed by atoms with van der Waals surface area (Å²) in [5, 5.41) is 32.0. The molecular weight excluding hydrogens is 500 g/mol. The molecule has 10 heteroatoms. The molecule has 0 radical (unpaired) electrons. The summed E-state index contributed by atoms with van der Waals surface area (Å²) in [4.78, 5) is 8.92. The van der Waals surface area contributed by atoms with Gasteiger partial charge in [-0.25, -0.2) is 4.52 Å². The van der Waals surface area contributed by atoms with Crippen molar-refractivity contribution < 1.29 is 0 Å². The highest BCUT2D eigenvalue weighted by atomic mass is 15.4. The molecule has 0 saturated carbocycles. The van der Waals surface area contributed by atoms with E-state index in [1.165, 1.54) is 0 Å². The molecule has 4 aromatic rings. The monoisotopic (exact) mass is 534 g/mol. The van der Waals surface area contributed by atoms with Gasteiger partial charge in [-0.15, -0.1) is 0 Å². The van der Waals surface area contributed by atoms with Crippen molar-refractivity contribution in [3.05, 3.63) is 66.0 Å². The van der Waals surface area contributed by atoms with Gasteiger partial charge >= 0.3 is 0 Å². The Bertz CT molecular complexity index is 1610. The van der Waals surface area contributed by atoms with E-state index >= 15 is 0 Å². The van der Waals surface area contributed by atoms with E-state index in [-0.39, 0.29) is 11.6 Å². The van der Waals surface area contributed by atoms with Gasteiger partial charge in [-0.1, -0.05) is 6.07 Å². The Balaban J connectivity index is 1.25. The predicted molar refractivity (Wildman–Crippen MR) is 152 cm³/mol. The summed E-state index contributed by atoms with van der Waals surface area (Å²) in [5.74, 6) is 0. The molecule has 0 aliphatic carbocycles. The van der Waals surface area contributed by atoms with Gasteiger partial charge < -0.3 is 10.2 Å². The molecule has 204 valence electrons. The van der Waals surface area contributed by atoms with Gasteiger partial charge in [-0.2, -0.15) is 20.7 Å². The summed E-state index contributed by atoms with van der Waals surface area (Å²) in [6, 6.07) is 10.9. The molecule has 2 saturated heterocycles. The zero-order chi connectivity index (χ0) is 28.0. The van der Waals surface area contributed by atoms with Crippen LogP contribution in [0, 0.1) is 29.7 Å². The fraction of sp³-hybridized carbons (Fsp3) is 0.433. The van der Waals surface area contributed by atoms with Crippen molar-refractivity contribution in [2.75, 3.05) is 25.0 Å². The van der Waals surface area contributed by atoms with Crippen LogP contribution >= 0.6 is 0 Å². The molecule has 1 N–H and O–H groups in total. The van der Waals surface area contributed by atoms with Crippen LogP contribution in [0.25, 0.3) is 16.6 Å². The first-order valence-corrected chi connectivity index (χ1v) is 13.9. The van der Waals surface area contributed by atoms with Gasteiger partial charge in [0, 0.05) is 48.8 Å². The van der Waals surface area contributed by atoms with E-state index in [9.17, 15) is 10.5 Å². The van der Waals surface area contributed by atoms with Crippen LogP contribution in [-0.4, -0.2) is 65.4 Å². The molecule has 2 unspecified atom stereocenters. The van der Waals surface area contributed by atoms with Crippen molar-refractivity contribution >= 4 is 11.2 Å². The van der Waals surface area contributed by atoms with E-state index in [2.05, 4.69) is 71.0 Å². The Kier molecular flexibility index (Phi) is 6.44. The second kappa shape index (κ2) is 9.96. The topological polar surface area (TPSA) is 114 Å². The highest BCUT2D eigenvalue weighted by molar-refractivity contribution is 5.83. The molecule has 0 amide bonds. The lowest BCUT2D eigenvalue weighted by Crippen LogP contribution is -2.71. The second-order valence-corrected chi connectivity index (χ2v) is 11.5. The number of pyridine rings is 2. The largest absolute Gasteiger partial charge is 0.375 e. The maximum atomic E-state index is 9.73. The molecule has 2 fully saturated rings. The molecular formula is C30H34N10. The van der Waals surface area contributed by atoms with Gasteiger partial charge in [-0.3, -0.25) is 14.6 Å². The summed E-state index contributed by atoms with van der Waals surface area (Å²) >= 11 is 0. The first kappa shape index (κ1) is 25.8. The summed E-state index contributed by atoms with van der Waals surface area (Å²) < 4.78 is 3.96. The molecule has 2 aliphatic rings. The standard InChI is InChI=1S/C30H34N10/c1-20(26-7-5-6-10-33-26)36-27-13-22(17-39-29(27)23(14-31)15-34-39)25-16-35-40(21(25)2)24-8-11-37(12-9-24)28-18-38(19-32)30(28,3)4/h5-7,10,13,15-17,20,24,28,36H,8-9,11-12,18H2,1-4H3. The molecule has 6 rings (SSSR count). The molecule has 0 spiro atoms. The maximum Gasteiger partial charge on any atom is 0.179 e. The van der Waals surface area contributed by atoms with Crippen LogP contribution < -0.4 is 5.32 Å². The maximum absolute atomic E-state index is 9.73. The van der Waals surface area contributed by atoms with Crippen LogP contribution in [0.3, 0.4) is 0 Å². The third-order valence-electron chi connectivity index (χ3n) is 8.86. The lowest BCUT2D eigenvalue weighted by atomic mass is 9.81. The second-order valence-electron chi connectivity index (χ2n) is 11.5. The van der Waals surface area contributed by atoms with E-state index in [1.807, 2.05) is 35.5 Å². The number of hydrogen-bond acceptors (Lipinski definition) is 8. The quantitative estimate of drug-likeness (QED) is 0.359. The predicted octanol–water partition coefficient (Wildman–Crippen LogP) is 4.53. The number of nitrogens with zero attached hydrogens (tertiary/aromatic N) is 9. The van der Waals surface area contributed by atoms with Crippen molar-refractivity contribution in [1.82, 2.24) is 34.2 Å². The van der Waals surface area contributed by atoms with E-state index in [4.69, 9.17) is 5.10 Å². The Labute approximate surface area is 234 Å². The highest BCUT2D eigenvalue weighted by Crippen LogP contribution is 2.37. The van der Waals surface area contributed by atoms with E-state index in [1.54, 1.807) is 16.9 Å². The van der Waals surface area contributed by atoms with E-state index < -0.39 is 0 Å². The highest BCUT2D eigenvalue weighted by Gasteiger charge is 2.49. The number of nitriles is 2. The smallest absolute Gasteiger partial charge is 0.179 e. The Morgan fingerprint density at radius 3 is 2.60 bits per heavy atom. The molecule has 6 heterocycles. The summed E-state index contributed by atoms with van der Waals surface area (Å²) in [6.45, 7) is 11.3. The van der Waals surface area contributed by atoms with Gasteiger partial charge in [0.15, 0.2) is 6.19 Å². The zero-order valence-corrected chi connectivity index (χ0v) is 23.4. The average molecular weight is 535 g/mol. The van der Waals surface area contributed by atoms with Crippen LogP contribution in [-0.2, 0) is 0 Å². The Hall–Kier alpha value is -4.41. The minimum absolute atomic E-state index is 0.0587. The van der Waals surface area contributed by atoms with Crippen molar-refractivity contribution in [1.29, 1.82) is 10.5 Å². The number of fused-ring (bicyclic) bond motifs is 1. The summed E-state index contributed by atoms with van der Waals surface area (Å²) in [6.07, 6.45) is 11.7. The molecule has 40 heavy (non-hydrogen) atoms. The first-order chi connectivity index (χ1) is 19.3. The number of piperidine rings is 1. The fourth-order valence-electron chi connectivity index (χ4n) is 6.35. The molecule has 0 aromatic carbocycles. The SMILES string of the molecule is Cc1c(-c2cc(NC(C)c3ccccn3)c3c(C#N)cnn3c2)cnn1C1CCN(C2CN(C#N)C2(C)C)CC1. The van der Waals surface area contributed by atoms with Crippen molar-refractivity contribution in [3.63, 3.8) is 0 Å². The van der Waals surface area contributed by atoms with Crippen LogP contribution in [0.1, 0.15) is 62.6 Å². The summed E-state index contributed by atoms with van der Waals surface area (Å²) in [5.41, 5.74) is 6.08. The van der Waals surface area contributed by atoms with Gasteiger partial charge in [0.2, 0.25) is 0 Å². The van der Waals surface area contributed by atoms with Crippen LogP contribution in [0.4, 0.5) is 5.69 Å². The van der Waals surface area contributed by atoms with Gasteiger partial charge in [0.1, 0.15) is 11.6 Å². The molecule has 2 aliphatic heterocycles.